The Balaban J connectivity index is 0.000000155. The van der Waals surface area contributed by atoms with Crippen molar-refractivity contribution in [2.45, 2.75) is 38.5 Å². The summed E-state index contributed by atoms with van der Waals surface area (Å²) >= 11 is 0. The van der Waals surface area contributed by atoms with Crippen LogP contribution >= 0.6 is 31.7 Å². The SMILES string of the molecule is CC1(C)c2cccc(P(c3ccccc3)c3ccccc3)c2Oc2c([PH+](c3ccccc3)c3ccccc3)cccc21.CC1(C)c2cccc(P(c3ccccc3)c3ccccc3)c2Oc2c([PH+](c3ccccc3)c3ccccc3)cccc21.CS(=O)(=O)[O-].C[N-]c1ccccc1-c1ccccc1.[Pd+2]. The van der Waals surface area contributed by atoms with Gasteiger partial charge in [0.2, 0.25) is 0 Å². The van der Waals surface area contributed by atoms with E-state index >= 15 is 0 Å². The van der Waals surface area contributed by atoms with Gasteiger partial charge in [-0.1, -0.05) is 337 Å². The molecule has 0 spiro atoms. The molecule has 0 saturated heterocycles. The maximum absolute atomic E-state index is 9.08. The van der Waals surface area contributed by atoms with E-state index < -0.39 is 41.8 Å². The van der Waals surface area contributed by atoms with Crippen LogP contribution in [0.1, 0.15) is 49.9 Å². The zero-order chi connectivity index (χ0) is 71.3. The van der Waals surface area contributed by atoms with Crippen LogP contribution in [0.3, 0.4) is 0 Å². The van der Waals surface area contributed by atoms with Crippen molar-refractivity contribution in [3.05, 3.63) is 398 Å². The molecule has 2 aliphatic rings. The zero-order valence-electron chi connectivity index (χ0n) is 58.8. The quantitative estimate of drug-likeness (QED) is 0.0615. The summed E-state index contributed by atoms with van der Waals surface area (Å²) in [4.78, 5) is 0. The Kier molecular flexibility index (Phi) is 24.4. The van der Waals surface area contributed by atoms with Crippen molar-refractivity contribution in [2.24, 2.45) is 0 Å². The van der Waals surface area contributed by atoms with E-state index in [2.05, 4.69) is 367 Å². The molecule has 0 unspecified atom stereocenters. The summed E-state index contributed by atoms with van der Waals surface area (Å²) in [5, 5.41) is 20.1. The molecule has 0 aromatic heterocycles. The molecule has 0 saturated carbocycles. The van der Waals surface area contributed by atoms with E-state index in [-0.39, 0.29) is 31.3 Å². The number of hydrogen-bond acceptors (Lipinski definition) is 5. The van der Waals surface area contributed by atoms with Crippen molar-refractivity contribution in [3.63, 3.8) is 0 Å². The maximum atomic E-state index is 9.08. The monoisotopic (exact) mass is 1540 g/mol. The van der Waals surface area contributed by atoms with Gasteiger partial charge in [0.1, 0.15) is 59.2 Å². The number of rotatable bonds is 14. The summed E-state index contributed by atoms with van der Waals surface area (Å²) in [7, 11) is -6.39. The largest absolute Gasteiger partial charge is 2.00 e. The molecule has 2 aliphatic heterocycles. The molecule has 16 rings (SSSR count). The molecule has 14 aromatic rings. The molecule has 0 N–H and O–H groups in total. The van der Waals surface area contributed by atoms with E-state index in [0.29, 0.717) is 6.26 Å². The van der Waals surface area contributed by atoms with Gasteiger partial charge in [-0.3, -0.25) is 0 Å². The first-order chi connectivity index (χ1) is 50.2. The second-order valence-corrected chi connectivity index (χ2v) is 36.8. The number of benzene rings is 14. The number of fused-ring (bicyclic) bond motifs is 4. The predicted molar refractivity (Wildman–Crippen MR) is 444 cm³/mol. The average molecular weight is 1540 g/mol. The van der Waals surface area contributed by atoms with Gasteiger partial charge in [0.15, 0.2) is 11.5 Å². The van der Waals surface area contributed by atoms with Crippen molar-refractivity contribution >= 4 is 111 Å². The summed E-state index contributed by atoms with van der Waals surface area (Å²) in [5.74, 6) is 4.09. The first-order valence-corrected chi connectivity index (χ1v) is 42.0. The number of hydrogen-bond donors (Lipinski definition) is 0. The molecule has 0 fully saturated rings. The Morgan fingerprint density at radius 1 is 0.327 bits per heavy atom. The van der Waals surface area contributed by atoms with Gasteiger partial charge in [-0.2, -0.15) is 0 Å². The number of para-hydroxylation sites is 5. The van der Waals surface area contributed by atoms with Gasteiger partial charge >= 0.3 is 20.4 Å². The van der Waals surface area contributed by atoms with Gasteiger partial charge < -0.3 is 19.3 Å². The van der Waals surface area contributed by atoms with Crippen LogP contribution in [-0.2, 0) is 41.4 Å². The van der Waals surface area contributed by atoms with E-state index in [4.69, 9.17) is 22.4 Å². The normalized spacial score (nSPS) is 12.6. The van der Waals surface area contributed by atoms with Crippen LogP contribution in [0.5, 0.6) is 23.0 Å². The van der Waals surface area contributed by atoms with Crippen molar-refractivity contribution in [1.29, 1.82) is 0 Å². The molecule has 0 amide bonds. The van der Waals surface area contributed by atoms with E-state index in [9.17, 15) is 0 Å². The van der Waals surface area contributed by atoms with E-state index in [1.165, 1.54) is 97.0 Å². The third kappa shape index (κ3) is 16.8. The van der Waals surface area contributed by atoms with Gasteiger partial charge in [-0.25, -0.2) is 8.42 Å². The van der Waals surface area contributed by atoms with Crippen molar-refractivity contribution in [3.8, 4) is 34.1 Å². The molecule has 0 atom stereocenters. The van der Waals surface area contributed by atoms with Crippen LogP contribution in [0.4, 0.5) is 5.69 Å². The van der Waals surface area contributed by atoms with Gasteiger partial charge in [0.05, 0.1) is 10.1 Å². The zero-order valence-corrected chi connectivity index (χ0v) is 65.0. The van der Waals surface area contributed by atoms with Crippen LogP contribution in [-0.4, -0.2) is 26.3 Å². The summed E-state index contributed by atoms with van der Waals surface area (Å²) in [6.45, 7) is 9.41. The molecule has 12 heteroatoms. The summed E-state index contributed by atoms with van der Waals surface area (Å²) in [5.41, 5.74) is 8.01. The van der Waals surface area contributed by atoms with Crippen molar-refractivity contribution < 1.29 is 42.9 Å². The number of nitrogens with zero attached hydrogens (tertiary/aromatic N) is 1. The fourth-order valence-corrected chi connectivity index (χ4v) is 24.0. The number of ether oxygens (including phenoxy) is 2. The molecular formula is C92H81NO5P4PdS+2. The molecule has 0 bridgehead atoms. The third-order valence-electron chi connectivity index (χ3n) is 18.7. The minimum absolute atomic E-state index is 0. The van der Waals surface area contributed by atoms with Crippen LogP contribution < -0.4 is 73.1 Å². The smallest absolute Gasteiger partial charge is 0.748 e. The minimum Gasteiger partial charge on any atom is -0.748 e. The van der Waals surface area contributed by atoms with E-state index in [0.717, 1.165) is 28.7 Å². The topological polar surface area (TPSA) is 89.8 Å². The Morgan fingerprint density at radius 3 is 0.875 bits per heavy atom. The van der Waals surface area contributed by atoms with E-state index in [1.54, 1.807) is 0 Å². The average Bonchev–Trinajstić information content (AvgIpc) is 0.730. The molecule has 6 nitrogen and oxygen atoms in total. The maximum Gasteiger partial charge on any atom is 2.00 e. The molecule has 104 heavy (non-hydrogen) atoms. The van der Waals surface area contributed by atoms with Gasteiger partial charge in [-0.15, -0.1) is 12.7 Å². The van der Waals surface area contributed by atoms with Gasteiger partial charge in [0, 0.05) is 49.9 Å². The second-order valence-electron chi connectivity index (χ2n) is 26.2. The van der Waals surface area contributed by atoms with Gasteiger partial charge in [-0.05, 0) is 109 Å². The third-order valence-corrected chi connectivity index (χ3v) is 29.1. The molecule has 2 heterocycles. The molecule has 14 aromatic carbocycles. The van der Waals surface area contributed by atoms with Crippen molar-refractivity contribution in [2.75, 3.05) is 13.3 Å². The predicted octanol–water partition coefficient (Wildman–Crippen LogP) is 17.9. The van der Waals surface area contributed by atoms with Crippen LogP contribution in [0, 0.1) is 0 Å². The second kappa shape index (κ2) is 34.1. The Labute approximate surface area is 632 Å². The molecular weight excluding hydrogens is 1460 g/mol. The first-order valence-electron chi connectivity index (χ1n) is 34.5. The van der Waals surface area contributed by atoms with Crippen LogP contribution in [0.2, 0.25) is 0 Å². The Morgan fingerprint density at radius 2 is 0.577 bits per heavy atom. The standard InChI is InChI=1S/2C39H32OP2.C13H12N.CH4O3S.Pd/c2*1-39(2)33-25-15-27-35(41(29-17-7-3-8-18-29)30-19-9-4-10-20-30)37(33)40-38-34(39)26-16-28-36(38)42(31-21-11-5-12-22-31)32-23-13-6-14-24-32;1-14-13-10-6-5-9-12(13)11-7-3-2-4-8-11;1-5(2,3)4;/h2*3-28H,1-2H3;2-10H,1H3;1H3,(H,2,3,4);/q;;-1;;+2/p+1. The fourth-order valence-electron chi connectivity index (χ4n) is 13.8. The molecule has 0 aliphatic carbocycles. The molecule has 518 valence electrons. The summed E-state index contributed by atoms with van der Waals surface area (Å²) < 4.78 is 41.8. The Hall–Kier alpha value is -9.23. The fraction of sp³-hybridized carbons (Fsp3) is 0.0870. The van der Waals surface area contributed by atoms with Gasteiger partial charge in [0.25, 0.3) is 0 Å². The first kappa shape index (κ1) is 74.5. The van der Waals surface area contributed by atoms with Crippen LogP contribution in [0.15, 0.2) is 370 Å². The van der Waals surface area contributed by atoms with Crippen molar-refractivity contribution in [1.82, 2.24) is 0 Å². The molecule has 0 radical (unpaired) electrons. The summed E-state index contributed by atoms with van der Waals surface area (Å²) in [6, 6.07) is 133. The minimum atomic E-state index is -3.92. The summed E-state index contributed by atoms with van der Waals surface area (Å²) in [6.07, 6.45) is 0.604. The van der Waals surface area contributed by atoms with E-state index in [1.807, 2.05) is 43.4 Å². The Bertz CT molecular complexity index is 4540. The van der Waals surface area contributed by atoms with Crippen LogP contribution in [0.25, 0.3) is 16.4 Å².